The van der Waals surface area contributed by atoms with Crippen LogP contribution >= 0.6 is 0 Å². The number of aryl methyl sites for hydroxylation is 1. The first-order valence-corrected chi connectivity index (χ1v) is 13.4. The van der Waals surface area contributed by atoms with Gasteiger partial charge in [0, 0.05) is 19.2 Å². The Kier molecular flexibility index (Phi) is 10.4. The lowest BCUT2D eigenvalue weighted by Crippen LogP contribution is -2.41. The van der Waals surface area contributed by atoms with Gasteiger partial charge in [-0.25, -0.2) is 14.3 Å². The van der Waals surface area contributed by atoms with E-state index in [1.54, 1.807) is 17.9 Å². The Labute approximate surface area is 228 Å². The van der Waals surface area contributed by atoms with Crippen molar-refractivity contribution in [3.05, 3.63) is 65.2 Å². The summed E-state index contributed by atoms with van der Waals surface area (Å²) in [6, 6.07) is 13.6. The van der Waals surface area contributed by atoms with Gasteiger partial charge in [-0.2, -0.15) is 0 Å². The van der Waals surface area contributed by atoms with Gasteiger partial charge >= 0.3 is 12.1 Å². The molecule has 3 aromatic rings. The van der Waals surface area contributed by atoms with E-state index >= 15 is 0 Å². The van der Waals surface area contributed by atoms with Crippen LogP contribution in [0.1, 0.15) is 36.5 Å². The van der Waals surface area contributed by atoms with Crippen LogP contribution in [0.3, 0.4) is 0 Å². The lowest BCUT2D eigenvalue weighted by atomic mass is 10.1. The number of hydrogen-bond donors (Lipinski definition) is 0. The molecule has 4 rings (SSSR count). The molecule has 0 atom stereocenters. The van der Waals surface area contributed by atoms with Gasteiger partial charge in [0.15, 0.2) is 0 Å². The minimum absolute atomic E-state index is 0.112. The van der Waals surface area contributed by atoms with E-state index in [9.17, 15) is 9.59 Å². The number of piperidine rings is 1. The van der Waals surface area contributed by atoms with Gasteiger partial charge in [-0.3, -0.25) is 0 Å². The van der Waals surface area contributed by atoms with Crippen LogP contribution < -0.4 is 0 Å². The molecule has 208 valence electrons. The third-order valence-corrected chi connectivity index (χ3v) is 6.60. The van der Waals surface area contributed by atoms with Crippen LogP contribution in [0, 0.1) is 6.92 Å². The Morgan fingerprint density at radius 2 is 1.82 bits per heavy atom. The van der Waals surface area contributed by atoms with Gasteiger partial charge in [0.1, 0.15) is 12.1 Å². The summed E-state index contributed by atoms with van der Waals surface area (Å²) in [4.78, 5) is 25.6. The van der Waals surface area contributed by atoms with Gasteiger partial charge in [-0.05, 0) is 55.5 Å². The van der Waals surface area contributed by atoms with Crippen LogP contribution in [0.2, 0.25) is 0 Å². The maximum Gasteiger partial charge on any atom is 0.410 e. The monoisotopic (exact) mass is 536 g/mol. The summed E-state index contributed by atoms with van der Waals surface area (Å²) in [5, 5.41) is 8.57. The highest BCUT2D eigenvalue weighted by molar-refractivity contribution is 5.89. The van der Waals surface area contributed by atoms with Crippen molar-refractivity contribution in [3.63, 3.8) is 0 Å². The Balaban J connectivity index is 1.12. The first-order chi connectivity index (χ1) is 19.0. The Morgan fingerprint density at radius 3 is 2.59 bits per heavy atom. The number of amides is 1. The number of aromatic nitrogens is 3. The van der Waals surface area contributed by atoms with Crippen molar-refractivity contribution in [2.24, 2.45) is 0 Å². The smallest absolute Gasteiger partial charge is 0.410 e. The summed E-state index contributed by atoms with van der Waals surface area (Å²) in [5.74, 6) is -0.369. The molecule has 0 bridgehead atoms. The number of fused-ring (bicyclic) bond motifs is 1. The van der Waals surface area contributed by atoms with Crippen molar-refractivity contribution in [2.45, 2.75) is 45.9 Å². The molecule has 0 saturated carbocycles. The van der Waals surface area contributed by atoms with E-state index in [0.717, 1.165) is 40.6 Å². The van der Waals surface area contributed by atoms with Crippen LogP contribution in [-0.4, -0.2) is 77.6 Å². The molecule has 0 radical (unpaired) electrons. The average Bonchev–Trinajstić information content (AvgIpc) is 3.38. The van der Waals surface area contributed by atoms with E-state index in [1.807, 2.05) is 54.1 Å². The quantitative estimate of drug-likeness (QED) is 0.193. The van der Waals surface area contributed by atoms with Crippen LogP contribution in [0.15, 0.2) is 48.5 Å². The second-order valence-corrected chi connectivity index (χ2v) is 9.26. The molecular weight excluding hydrogens is 500 g/mol. The number of benzene rings is 2. The van der Waals surface area contributed by atoms with Gasteiger partial charge in [0.2, 0.25) is 0 Å². The molecule has 1 aliphatic rings. The molecule has 0 unspecified atom stereocenters. The predicted octanol–water partition coefficient (Wildman–Crippen LogP) is 4.15. The maximum absolute atomic E-state index is 12.3. The van der Waals surface area contributed by atoms with Crippen LogP contribution in [0.5, 0.6) is 0 Å². The summed E-state index contributed by atoms with van der Waals surface area (Å²) >= 11 is 0. The highest BCUT2D eigenvalue weighted by atomic mass is 16.6. The first kappa shape index (κ1) is 28.3. The molecule has 1 aliphatic heterocycles. The second-order valence-electron chi connectivity index (χ2n) is 9.26. The molecule has 0 N–H and O–H groups in total. The number of rotatable bonds is 12. The number of nitrogens with zero attached hydrogens (tertiary/aromatic N) is 4. The molecule has 0 spiro atoms. The molecule has 39 heavy (non-hydrogen) atoms. The summed E-state index contributed by atoms with van der Waals surface area (Å²) in [5.41, 5.74) is 4.52. The van der Waals surface area contributed by atoms with Gasteiger partial charge in [0.05, 0.1) is 44.6 Å². The van der Waals surface area contributed by atoms with Crippen LogP contribution in [0.25, 0.3) is 17.1 Å². The molecule has 1 amide bonds. The van der Waals surface area contributed by atoms with E-state index in [2.05, 4.69) is 10.3 Å². The predicted molar refractivity (Wildman–Crippen MR) is 146 cm³/mol. The van der Waals surface area contributed by atoms with Crippen molar-refractivity contribution in [1.82, 2.24) is 19.9 Å². The SMILES string of the molecule is CCOC(=O)C=Cc1ccc2c(nnn2CCOCCOC2CCN(C(=O)OCc3ccccc3)CC2)c1C. The molecule has 1 fully saturated rings. The molecule has 2 aromatic carbocycles. The highest BCUT2D eigenvalue weighted by Crippen LogP contribution is 2.21. The Bertz CT molecular complexity index is 1250. The Morgan fingerprint density at radius 1 is 1.03 bits per heavy atom. The fraction of sp³-hybridized carbons (Fsp3) is 0.448. The summed E-state index contributed by atoms with van der Waals surface area (Å²) in [6.07, 6.45) is 4.55. The lowest BCUT2D eigenvalue weighted by molar-refractivity contribution is -0.137. The van der Waals surface area contributed by atoms with E-state index < -0.39 is 0 Å². The molecule has 1 saturated heterocycles. The number of ether oxygens (including phenoxy) is 4. The van der Waals surface area contributed by atoms with Crippen LogP contribution in [0.4, 0.5) is 4.79 Å². The Hall–Kier alpha value is -3.76. The van der Waals surface area contributed by atoms with Gasteiger partial charge < -0.3 is 23.8 Å². The number of hydrogen-bond acceptors (Lipinski definition) is 8. The van der Waals surface area contributed by atoms with Crippen molar-refractivity contribution < 1.29 is 28.5 Å². The van der Waals surface area contributed by atoms with E-state index in [4.69, 9.17) is 18.9 Å². The summed E-state index contributed by atoms with van der Waals surface area (Å²) < 4.78 is 23.9. The zero-order valence-corrected chi connectivity index (χ0v) is 22.6. The molecule has 2 heterocycles. The largest absolute Gasteiger partial charge is 0.463 e. The van der Waals surface area contributed by atoms with Crippen molar-refractivity contribution >= 4 is 29.2 Å². The zero-order chi connectivity index (χ0) is 27.5. The first-order valence-electron chi connectivity index (χ1n) is 13.4. The zero-order valence-electron chi connectivity index (χ0n) is 22.6. The third kappa shape index (κ3) is 8.11. The van der Waals surface area contributed by atoms with E-state index in [0.29, 0.717) is 46.1 Å². The van der Waals surface area contributed by atoms with E-state index in [-0.39, 0.29) is 24.8 Å². The highest BCUT2D eigenvalue weighted by Gasteiger charge is 2.24. The van der Waals surface area contributed by atoms with Crippen molar-refractivity contribution in [1.29, 1.82) is 0 Å². The van der Waals surface area contributed by atoms with E-state index in [1.165, 1.54) is 6.08 Å². The second kappa shape index (κ2) is 14.4. The van der Waals surface area contributed by atoms with Gasteiger partial charge in [-0.1, -0.05) is 41.6 Å². The van der Waals surface area contributed by atoms with Crippen molar-refractivity contribution in [3.8, 4) is 0 Å². The molecular formula is C29H36N4O6. The maximum atomic E-state index is 12.3. The number of carbonyl (C=O) groups is 2. The normalized spacial score (nSPS) is 14.3. The summed E-state index contributed by atoms with van der Waals surface area (Å²) in [7, 11) is 0. The van der Waals surface area contributed by atoms with Crippen molar-refractivity contribution in [2.75, 3.05) is 39.5 Å². The summed E-state index contributed by atoms with van der Waals surface area (Å²) in [6.45, 7) is 7.63. The molecule has 10 heteroatoms. The minimum Gasteiger partial charge on any atom is -0.463 e. The number of carbonyl (C=O) groups excluding carboxylic acids is 2. The fourth-order valence-corrected chi connectivity index (χ4v) is 4.42. The lowest BCUT2D eigenvalue weighted by Gasteiger charge is -2.31. The van der Waals surface area contributed by atoms with Gasteiger partial charge in [0.25, 0.3) is 0 Å². The molecule has 0 aliphatic carbocycles. The fourth-order valence-electron chi connectivity index (χ4n) is 4.42. The third-order valence-electron chi connectivity index (χ3n) is 6.60. The average molecular weight is 537 g/mol. The topological polar surface area (TPSA) is 105 Å². The number of esters is 1. The van der Waals surface area contributed by atoms with Gasteiger partial charge in [-0.15, -0.1) is 5.10 Å². The molecule has 1 aromatic heterocycles. The molecule has 10 nitrogen and oxygen atoms in total. The van der Waals surface area contributed by atoms with Crippen LogP contribution in [-0.2, 0) is 36.9 Å². The standard InChI is InChI=1S/C29H36N4O6/c1-3-37-27(34)12-10-24-9-11-26-28(22(24)2)30-31-33(26)17-18-36-19-20-38-25-13-15-32(16-14-25)29(35)39-21-23-7-5-4-6-8-23/h4-12,25H,3,13-21H2,1-2H3. The minimum atomic E-state index is -0.369. The number of likely N-dealkylation sites (tertiary alicyclic amines) is 1.